The third-order valence-electron chi connectivity index (χ3n) is 3.08. The summed E-state index contributed by atoms with van der Waals surface area (Å²) in [6.45, 7) is 9.34. The van der Waals surface area contributed by atoms with Crippen LogP contribution >= 0.6 is 0 Å². The molecule has 108 valence electrons. The summed E-state index contributed by atoms with van der Waals surface area (Å²) in [5, 5.41) is 16.2. The number of hydrogen-bond acceptors (Lipinski definition) is 4. The zero-order valence-electron chi connectivity index (χ0n) is 12.5. The Morgan fingerprint density at radius 1 is 1.20 bits per heavy atom. The molecule has 0 saturated carbocycles. The molecule has 0 spiro atoms. The molecule has 0 aliphatic carbocycles. The predicted molar refractivity (Wildman–Crippen MR) is 80.2 cm³/mol. The molecule has 20 heavy (non-hydrogen) atoms. The van der Waals surface area contributed by atoms with Gasteiger partial charge in [-0.15, -0.1) is 10.2 Å². The number of aromatic nitrogens is 4. The van der Waals surface area contributed by atoms with Crippen molar-refractivity contribution in [1.82, 2.24) is 25.5 Å². The van der Waals surface area contributed by atoms with E-state index in [2.05, 4.69) is 41.5 Å². The molecule has 5 nitrogen and oxygen atoms in total. The third kappa shape index (κ3) is 4.13. The van der Waals surface area contributed by atoms with Crippen LogP contribution < -0.4 is 5.32 Å². The molecule has 2 rings (SSSR count). The summed E-state index contributed by atoms with van der Waals surface area (Å²) in [6, 6.07) is 9.93. The number of benzene rings is 1. The van der Waals surface area contributed by atoms with Gasteiger partial charge < -0.3 is 5.32 Å². The molecule has 0 aliphatic heterocycles. The lowest BCUT2D eigenvalue weighted by Gasteiger charge is -2.23. The lowest BCUT2D eigenvalue weighted by Crippen LogP contribution is -2.34. The highest BCUT2D eigenvalue weighted by Gasteiger charge is 2.20. The summed E-state index contributed by atoms with van der Waals surface area (Å²) in [6.07, 6.45) is 1.15. The van der Waals surface area contributed by atoms with Gasteiger partial charge in [-0.2, -0.15) is 4.80 Å². The summed E-state index contributed by atoms with van der Waals surface area (Å²) < 4.78 is 0. The summed E-state index contributed by atoms with van der Waals surface area (Å²) in [7, 11) is 0. The van der Waals surface area contributed by atoms with Gasteiger partial charge in [-0.3, -0.25) is 0 Å². The van der Waals surface area contributed by atoms with Crippen molar-refractivity contribution in [1.29, 1.82) is 0 Å². The Labute approximate surface area is 120 Å². The largest absolute Gasteiger partial charge is 0.316 e. The fourth-order valence-electron chi connectivity index (χ4n) is 2.06. The van der Waals surface area contributed by atoms with Gasteiger partial charge in [-0.1, -0.05) is 51.1 Å². The minimum absolute atomic E-state index is 0.101. The predicted octanol–water partition coefficient (Wildman–Crippen LogP) is 2.37. The van der Waals surface area contributed by atoms with Crippen LogP contribution in [0.25, 0.3) is 11.4 Å². The summed E-state index contributed by atoms with van der Waals surface area (Å²) in [5.41, 5.74) is 1.10. The smallest absolute Gasteiger partial charge is 0.204 e. The molecular weight excluding hydrogens is 250 g/mol. The average Bonchev–Trinajstić information content (AvgIpc) is 2.87. The van der Waals surface area contributed by atoms with Gasteiger partial charge in [-0.25, -0.2) is 0 Å². The third-order valence-corrected chi connectivity index (χ3v) is 3.08. The molecule has 0 saturated heterocycles. The molecular formula is C15H23N5. The molecule has 0 fully saturated rings. The van der Waals surface area contributed by atoms with Crippen LogP contribution in [0.4, 0.5) is 0 Å². The number of tetrazole rings is 1. The Balaban J connectivity index is 1.99. The molecule has 0 bridgehead atoms. The van der Waals surface area contributed by atoms with Crippen molar-refractivity contribution >= 4 is 0 Å². The first-order valence-electron chi connectivity index (χ1n) is 7.15. The van der Waals surface area contributed by atoms with Crippen molar-refractivity contribution < 1.29 is 0 Å². The maximum Gasteiger partial charge on any atom is 0.204 e. The van der Waals surface area contributed by atoms with Gasteiger partial charge in [-0.05, 0) is 23.6 Å². The van der Waals surface area contributed by atoms with Crippen LogP contribution in [0.5, 0.6) is 0 Å². The van der Waals surface area contributed by atoms with Crippen LogP contribution in [0, 0.1) is 5.41 Å². The second-order valence-corrected chi connectivity index (χ2v) is 5.85. The van der Waals surface area contributed by atoms with Crippen molar-refractivity contribution in [3.63, 3.8) is 0 Å². The van der Waals surface area contributed by atoms with Crippen LogP contribution in [0.3, 0.4) is 0 Å². The van der Waals surface area contributed by atoms with Crippen LogP contribution in [0.2, 0.25) is 0 Å². The van der Waals surface area contributed by atoms with Crippen LogP contribution in [0.15, 0.2) is 30.3 Å². The van der Waals surface area contributed by atoms with Crippen molar-refractivity contribution in [3.8, 4) is 11.4 Å². The van der Waals surface area contributed by atoms with Crippen molar-refractivity contribution in [2.75, 3.05) is 13.1 Å². The summed E-state index contributed by atoms with van der Waals surface area (Å²) >= 11 is 0. The molecule has 0 aliphatic rings. The first-order valence-corrected chi connectivity index (χ1v) is 7.15. The number of rotatable bonds is 7. The normalized spacial score (nSPS) is 11.8. The van der Waals surface area contributed by atoms with Crippen LogP contribution in [0.1, 0.15) is 27.2 Å². The van der Waals surface area contributed by atoms with Gasteiger partial charge in [0.25, 0.3) is 0 Å². The Kier molecular flexibility index (Phi) is 4.84. The van der Waals surface area contributed by atoms with E-state index in [0.29, 0.717) is 5.82 Å². The molecule has 0 amide bonds. The van der Waals surface area contributed by atoms with Crippen LogP contribution in [-0.2, 0) is 6.54 Å². The van der Waals surface area contributed by atoms with E-state index in [1.54, 1.807) is 4.80 Å². The van der Waals surface area contributed by atoms with Crippen molar-refractivity contribution in [3.05, 3.63) is 30.3 Å². The maximum atomic E-state index is 4.46. The maximum absolute atomic E-state index is 4.46. The van der Waals surface area contributed by atoms with Crippen molar-refractivity contribution in [2.24, 2.45) is 5.41 Å². The molecule has 1 N–H and O–H groups in total. The van der Waals surface area contributed by atoms with Crippen LogP contribution in [-0.4, -0.2) is 33.3 Å². The van der Waals surface area contributed by atoms with Gasteiger partial charge in [0.15, 0.2) is 0 Å². The Morgan fingerprint density at radius 2 is 1.95 bits per heavy atom. The van der Waals surface area contributed by atoms with Gasteiger partial charge in [0, 0.05) is 12.1 Å². The lowest BCUT2D eigenvalue weighted by molar-refractivity contribution is 0.258. The summed E-state index contributed by atoms with van der Waals surface area (Å²) in [5.74, 6) is 0.683. The van der Waals surface area contributed by atoms with Gasteiger partial charge in [0.2, 0.25) is 5.82 Å². The molecule has 5 heteroatoms. The number of nitrogens with zero attached hydrogens (tertiary/aromatic N) is 4. The molecule has 0 atom stereocenters. The quantitative estimate of drug-likeness (QED) is 0.787. The SMILES string of the molecule is CCCNCC(C)(C)Cn1nnc(-c2ccccc2)n1. The first-order chi connectivity index (χ1) is 9.61. The van der Waals surface area contributed by atoms with E-state index in [1.165, 1.54) is 0 Å². The molecule has 2 aromatic rings. The summed E-state index contributed by atoms with van der Waals surface area (Å²) in [4.78, 5) is 1.69. The number of hydrogen-bond donors (Lipinski definition) is 1. The highest BCUT2D eigenvalue weighted by Crippen LogP contribution is 2.17. The minimum atomic E-state index is 0.101. The Morgan fingerprint density at radius 3 is 2.65 bits per heavy atom. The highest BCUT2D eigenvalue weighted by molar-refractivity contribution is 5.52. The molecule has 0 unspecified atom stereocenters. The number of nitrogens with one attached hydrogen (secondary N) is 1. The van der Waals surface area contributed by atoms with Gasteiger partial charge >= 0.3 is 0 Å². The fraction of sp³-hybridized carbons (Fsp3) is 0.533. The van der Waals surface area contributed by atoms with E-state index < -0.39 is 0 Å². The molecule has 1 aromatic heterocycles. The zero-order chi connectivity index (χ0) is 14.4. The highest BCUT2D eigenvalue weighted by atomic mass is 15.6. The van der Waals surface area contributed by atoms with E-state index in [4.69, 9.17) is 0 Å². The monoisotopic (exact) mass is 273 g/mol. The van der Waals surface area contributed by atoms with E-state index in [1.807, 2.05) is 30.3 Å². The van der Waals surface area contributed by atoms with E-state index in [0.717, 1.165) is 31.6 Å². The second kappa shape index (κ2) is 6.61. The lowest BCUT2D eigenvalue weighted by atomic mass is 9.94. The first kappa shape index (κ1) is 14.7. The van der Waals surface area contributed by atoms with Gasteiger partial charge in [0.1, 0.15) is 0 Å². The average molecular weight is 273 g/mol. The van der Waals surface area contributed by atoms with E-state index in [-0.39, 0.29) is 5.41 Å². The zero-order valence-corrected chi connectivity index (χ0v) is 12.5. The minimum Gasteiger partial charge on any atom is -0.316 e. The fourth-order valence-corrected chi connectivity index (χ4v) is 2.06. The van der Waals surface area contributed by atoms with E-state index in [9.17, 15) is 0 Å². The standard InChI is InChI=1S/C15H23N5/c1-4-10-16-11-15(2,3)12-20-18-14(17-19-20)13-8-6-5-7-9-13/h5-9,16H,4,10-12H2,1-3H3. The van der Waals surface area contributed by atoms with Gasteiger partial charge in [0.05, 0.1) is 6.54 Å². The second-order valence-electron chi connectivity index (χ2n) is 5.85. The Bertz CT molecular complexity index is 518. The van der Waals surface area contributed by atoms with E-state index >= 15 is 0 Å². The molecule has 1 heterocycles. The molecule has 0 radical (unpaired) electrons. The van der Waals surface area contributed by atoms with Crippen molar-refractivity contribution in [2.45, 2.75) is 33.7 Å². The topological polar surface area (TPSA) is 55.6 Å². The Hall–Kier alpha value is -1.75. The molecule has 1 aromatic carbocycles.